The smallest absolute Gasteiger partial charge is 0.276 e. The number of imidazole rings is 1. The summed E-state index contributed by atoms with van der Waals surface area (Å²) in [6.07, 6.45) is 1.38. The molecule has 2 N–H and O–H groups in total. The number of nitrogens with zero attached hydrogens (tertiary/aromatic N) is 4. The molecule has 1 saturated heterocycles. The molecule has 1 aromatic carbocycles. The third-order valence-corrected chi connectivity index (χ3v) is 4.26. The minimum Gasteiger partial charge on any atom is -0.318 e. The van der Waals surface area contributed by atoms with Crippen LogP contribution in [-0.4, -0.2) is 57.6 Å². The second-order valence-electron chi connectivity index (χ2n) is 6.19. The molecule has 0 radical (unpaired) electrons. The number of benzene rings is 1. The van der Waals surface area contributed by atoms with Crippen LogP contribution in [0.4, 0.5) is 0 Å². The van der Waals surface area contributed by atoms with Gasteiger partial charge in [0.2, 0.25) is 0 Å². The average Bonchev–Trinajstić information content (AvgIpc) is 2.94. The minimum atomic E-state index is -0.156. The first-order chi connectivity index (χ1) is 12.1. The van der Waals surface area contributed by atoms with E-state index in [9.17, 15) is 4.79 Å². The SMILES string of the molecule is CN1CCNCC1.Cc1nc2nc[nH]c(=O)c2n1Cc1ccccc1. The molecule has 0 amide bonds. The molecule has 0 bridgehead atoms. The van der Waals surface area contributed by atoms with Gasteiger partial charge in [-0.15, -0.1) is 0 Å². The van der Waals surface area contributed by atoms with Crippen molar-refractivity contribution >= 4 is 11.2 Å². The Hall–Kier alpha value is -2.51. The van der Waals surface area contributed by atoms with Crippen LogP contribution in [0.2, 0.25) is 0 Å². The summed E-state index contributed by atoms with van der Waals surface area (Å²) in [6, 6.07) is 9.97. The van der Waals surface area contributed by atoms with Gasteiger partial charge in [0.25, 0.3) is 5.56 Å². The molecule has 3 aromatic rings. The van der Waals surface area contributed by atoms with Gasteiger partial charge in [0, 0.05) is 32.7 Å². The van der Waals surface area contributed by atoms with E-state index >= 15 is 0 Å². The van der Waals surface area contributed by atoms with Gasteiger partial charge in [-0.1, -0.05) is 30.3 Å². The number of H-pyrrole nitrogens is 1. The van der Waals surface area contributed by atoms with Crippen molar-refractivity contribution in [2.24, 2.45) is 0 Å². The maximum absolute atomic E-state index is 11.8. The van der Waals surface area contributed by atoms with Crippen LogP contribution in [0.3, 0.4) is 0 Å². The Bertz CT molecular complexity index is 864. The normalized spacial score (nSPS) is 15.0. The van der Waals surface area contributed by atoms with Crippen molar-refractivity contribution in [3.8, 4) is 0 Å². The highest BCUT2D eigenvalue weighted by Gasteiger charge is 2.11. The van der Waals surface area contributed by atoms with Crippen LogP contribution in [0.15, 0.2) is 41.5 Å². The minimum absolute atomic E-state index is 0.156. The molecule has 1 fully saturated rings. The second kappa shape index (κ2) is 8.04. The summed E-state index contributed by atoms with van der Waals surface area (Å²) in [5, 5.41) is 3.27. The van der Waals surface area contributed by atoms with Crippen molar-refractivity contribution in [1.29, 1.82) is 0 Å². The first kappa shape index (κ1) is 17.3. The van der Waals surface area contributed by atoms with Crippen LogP contribution >= 0.6 is 0 Å². The summed E-state index contributed by atoms with van der Waals surface area (Å²) < 4.78 is 1.89. The number of fused-ring (bicyclic) bond motifs is 1. The number of likely N-dealkylation sites (N-methyl/N-ethyl adjacent to an activating group) is 1. The van der Waals surface area contributed by atoms with E-state index in [4.69, 9.17) is 0 Å². The van der Waals surface area contributed by atoms with Crippen molar-refractivity contribution in [3.63, 3.8) is 0 Å². The summed E-state index contributed by atoms with van der Waals surface area (Å²) >= 11 is 0. The van der Waals surface area contributed by atoms with Gasteiger partial charge < -0.3 is 19.8 Å². The van der Waals surface area contributed by atoms with E-state index in [1.54, 1.807) is 0 Å². The zero-order valence-corrected chi connectivity index (χ0v) is 14.7. The van der Waals surface area contributed by atoms with E-state index in [2.05, 4.69) is 32.2 Å². The van der Waals surface area contributed by atoms with Gasteiger partial charge in [0.1, 0.15) is 5.82 Å². The van der Waals surface area contributed by atoms with Crippen LogP contribution in [-0.2, 0) is 6.54 Å². The molecule has 3 heterocycles. The van der Waals surface area contributed by atoms with E-state index < -0.39 is 0 Å². The zero-order valence-electron chi connectivity index (χ0n) is 14.7. The second-order valence-corrected chi connectivity index (χ2v) is 6.19. The fourth-order valence-electron chi connectivity index (χ4n) is 2.82. The monoisotopic (exact) mass is 340 g/mol. The molecule has 2 aromatic heterocycles. The van der Waals surface area contributed by atoms with Crippen molar-refractivity contribution < 1.29 is 0 Å². The maximum Gasteiger partial charge on any atom is 0.276 e. The quantitative estimate of drug-likeness (QED) is 0.728. The molecule has 25 heavy (non-hydrogen) atoms. The molecule has 132 valence electrons. The van der Waals surface area contributed by atoms with Gasteiger partial charge in [-0.05, 0) is 19.5 Å². The number of aryl methyl sites for hydroxylation is 1. The molecule has 7 nitrogen and oxygen atoms in total. The first-order valence-corrected chi connectivity index (χ1v) is 8.49. The lowest BCUT2D eigenvalue weighted by Crippen LogP contribution is -2.40. The molecular formula is C18H24N6O. The van der Waals surface area contributed by atoms with Gasteiger partial charge >= 0.3 is 0 Å². The molecule has 7 heteroatoms. The fraction of sp³-hybridized carbons (Fsp3) is 0.389. The maximum atomic E-state index is 11.8. The Morgan fingerprint density at radius 3 is 2.52 bits per heavy atom. The molecule has 0 atom stereocenters. The molecule has 4 rings (SSSR count). The number of aromatic nitrogens is 4. The Morgan fingerprint density at radius 2 is 1.88 bits per heavy atom. The molecule has 1 aliphatic heterocycles. The zero-order chi connectivity index (χ0) is 17.6. The van der Waals surface area contributed by atoms with E-state index in [-0.39, 0.29) is 5.56 Å². The average molecular weight is 340 g/mol. The molecule has 0 saturated carbocycles. The van der Waals surface area contributed by atoms with Gasteiger partial charge in [0.15, 0.2) is 11.2 Å². The predicted molar refractivity (Wildman–Crippen MR) is 98.8 cm³/mol. The number of aromatic amines is 1. The summed E-state index contributed by atoms with van der Waals surface area (Å²) in [7, 11) is 2.15. The molecule has 0 spiro atoms. The van der Waals surface area contributed by atoms with Crippen LogP contribution in [0.1, 0.15) is 11.4 Å². The Kier molecular flexibility index (Phi) is 5.57. The van der Waals surface area contributed by atoms with Gasteiger partial charge in [-0.3, -0.25) is 4.79 Å². The van der Waals surface area contributed by atoms with Crippen molar-refractivity contribution in [2.75, 3.05) is 33.2 Å². The van der Waals surface area contributed by atoms with E-state index in [0.717, 1.165) is 24.5 Å². The fourth-order valence-corrected chi connectivity index (χ4v) is 2.82. The van der Waals surface area contributed by atoms with Crippen molar-refractivity contribution in [1.82, 2.24) is 29.7 Å². The predicted octanol–water partition coefficient (Wildman–Crippen LogP) is 0.998. The number of piperazine rings is 1. The molecule has 0 unspecified atom stereocenters. The van der Waals surface area contributed by atoms with Crippen LogP contribution in [0.25, 0.3) is 11.2 Å². The number of rotatable bonds is 2. The van der Waals surface area contributed by atoms with Gasteiger partial charge in [-0.25, -0.2) is 9.97 Å². The number of hydrogen-bond donors (Lipinski definition) is 2. The third kappa shape index (κ3) is 4.32. The molecule has 1 aliphatic rings. The highest BCUT2D eigenvalue weighted by molar-refractivity contribution is 5.70. The summed E-state index contributed by atoms with van der Waals surface area (Å²) in [5.41, 5.74) is 1.99. The topological polar surface area (TPSA) is 78.8 Å². The number of nitrogens with one attached hydrogen (secondary N) is 2. The van der Waals surface area contributed by atoms with Crippen LogP contribution < -0.4 is 10.9 Å². The summed E-state index contributed by atoms with van der Waals surface area (Å²) in [6.45, 7) is 7.25. The van der Waals surface area contributed by atoms with E-state index in [1.807, 2.05) is 41.8 Å². The van der Waals surface area contributed by atoms with Gasteiger partial charge in [-0.2, -0.15) is 0 Å². The van der Waals surface area contributed by atoms with E-state index in [0.29, 0.717) is 17.7 Å². The standard InChI is InChI=1S/C13H12N4O.C5H12N2/c1-9-16-12-11(13(18)15-8-14-12)17(9)7-10-5-3-2-4-6-10;1-7-4-2-6-3-5-7/h2-6,8H,7H2,1H3,(H,14,15,18);6H,2-5H2,1H3. The highest BCUT2D eigenvalue weighted by atomic mass is 16.1. The van der Waals surface area contributed by atoms with Crippen LogP contribution in [0.5, 0.6) is 0 Å². The lowest BCUT2D eigenvalue weighted by Gasteiger charge is -2.21. The Labute approximate surface area is 146 Å². The largest absolute Gasteiger partial charge is 0.318 e. The first-order valence-electron chi connectivity index (χ1n) is 8.49. The van der Waals surface area contributed by atoms with Crippen molar-refractivity contribution in [2.45, 2.75) is 13.5 Å². The van der Waals surface area contributed by atoms with Crippen LogP contribution in [0, 0.1) is 6.92 Å². The Balaban J connectivity index is 0.000000219. The number of hydrogen-bond acceptors (Lipinski definition) is 5. The third-order valence-electron chi connectivity index (χ3n) is 4.26. The van der Waals surface area contributed by atoms with Crippen molar-refractivity contribution in [3.05, 3.63) is 58.4 Å². The Morgan fingerprint density at radius 1 is 1.16 bits per heavy atom. The summed E-state index contributed by atoms with van der Waals surface area (Å²) in [5.74, 6) is 0.790. The van der Waals surface area contributed by atoms with E-state index in [1.165, 1.54) is 19.4 Å². The molecule has 0 aliphatic carbocycles. The molecular weight excluding hydrogens is 316 g/mol. The highest BCUT2D eigenvalue weighted by Crippen LogP contribution is 2.12. The van der Waals surface area contributed by atoms with Gasteiger partial charge in [0.05, 0.1) is 6.33 Å². The lowest BCUT2D eigenvalue weighted by atomic mass is 10.2. The summed E-state index contributed by atoms with van der Waals surface area (Å²) in [4.78, 5) is 25.1. The lowest BCUT2D eigenvalue weighted by molar-refractivity contribution is 0.291.